The molecule has 0 saturated carbocycles. The number of nitrogens with two attached hydrogens (primary N) is 2. The number of aromatic nitrogens is 6. The van der Waals surface area contributed by atoms with Crippen molar-refractivity contribution < 1.29 is 4.57 Å². The molecule has 2 aromatic carbocycles. The molecule has 0 unspecified atom stereocenters. The second-order valence-electron chi connectivity index (χ2n) is 12.8. The first kappa shape index (κ1) is 35.4. The summed E-state index contributed by atoms with van der Waals surface area (Å²) in [5.74, 6) is 4.01. The molecule has 0 atom stereocenters. The highest BCUT2D eigenvalue weighted by atomic mass is 35.5. The number of imidazole rings is 2. The third-order valence-corrected chi connectivity index (χ3v) is 8.59. The summed E-state index contributed by atoms with van der Waals surface area (Å²) in [5, 5.41) is 5.40. The highest BCUT2D eigenvalue weighted by molar-refractivity contribution is 7.62. The van der Waals surface area contributed by atoms with Crippen LogP contribution in [0.3, 0.4) is 0 Å². The Kier molecular flexibility index (Phi) is 11.2. The standard InChI is InChI=1S/C18H26N5OP.C15H17ClN4.ClH/c1-12(2)10-23-15(9-20-11-25(3,4)24)22-16-17(23)13-7-5-6-8-14(13)21-18(16)19;1-9(2)8-20-12(7-16)19-13-14(20)10-5-3-4-6-11(10)18-15(13)17;/h5-8,12,20H,9-11H2,1-4H3,(H2,19,21);3-6,9H,7-8H2,1-2H3,(H2,17,18);1H. The van der Waals surface area contributed by atoms with Crippen LogP contribution in [0.25, 0.3) is 43.9 Å². The fraction of sp³-hybridized carbons (Fsp3) is 0.394. The number of benzene rings is 2. The van der Waals surface area contributed by atoms with E-state index in [4.69, 9.17) is 28.1 Å². The van der Waals surface area contributed by atoms with Gasteiger partial charge in [-0.2, -0.15) is 0 Å². The van der Waals surface area contributed by atoms with E-state index in [0.717, 1.165) is 68.6 Å². The molecule has 6 aromatic rings. The first-order valence-electron chi connectivity index (χ1n) is 15.2. The Morgan fingerprint density at radius 3 is 1.63 bits per heavy atom. The monoisotopic (exact) mass is 683 g/mol. The Morgan fingerprint density at radius 2 is 1.20 bits per heavy atom. The summed E-state index contributed by atoms with van der Waals surface area (Å²) in [7, 11) is -2.11. The van der Waals surface area contributed by atoms with Gasteiger partial charge in [-0.15, -0.1) is 24.0 Å². The number of nitrogen functional groups attached to an aromatic ring is 2. The van der Waals surface area contributed by atoms with Gasteiger partial charge < -0.3 is 30.5 Å². The number of hydrogen-bond acceptors (Lipinski definition) is 8. The number of alkyl halides is 1. The van der Waals surface area contributed by atoms with Crippen LogP contribution in [-0.4, -0.2) is 48.7 Å². The Morgan fingerprint density at radius 1 is 0.761 bits per heavy atom. The maximum absolute atomic E-state index is 11.9. The highest BCUT2D eigenvalue weighted by Crippen LogP contribution is 2.34. The Hall–Kier alpha value is -3.43. The summed E-state index contributed by atoms with van der Waals surface area (Å²) in [5.41, 5.74) is 17.6. The molecule has 5 N–H and O–H groups in total. The van der Waals surface area contributed by atoms with Crippen molar-refractivity contribution in [1.82, 2.24) is 34.4 Å². The summed E-state index contributed by atoms with van der Waals surface area (Å²) in [6.07, 6.45) is 0.492. The molecular formula is C33H44Cl2N9OP. The second-order valence-corrected chi connectivity index (χ2v) is 16.5. The van der Waals surface area contributed by atoms with Crippen LogP contribution in [0.15, 0.2) is 48.5 Å². The topological polar surface area (TPSA) is 143 Å². The molecule has 0 saturated heterocycles. The third-order valence-electron chi connectivity index (χ3n) is 7.37. The van der Waals surface area contributed by atoms with Gasteiger partial charge in [0.05, 0.1) is 41.6 Å². The van der Waals surface area contributed by atoms with E-state index in [1.54, 1.807) is 13.3 Å². The van der Waals surface area contributed by atoms with E-state index in [1.807, 2.05) is 36.4 Å². The van der Waals surface area contributed by atoms with Crippen molar-refractivity contribution in [2.75, 3.05) is 31.1 Å². The normalized spacial score (nSPS) is 11.9. The summed E-state index contributed by atoms with van der Waals surface area (Å²) in [6, 6.07) is 16.0. The third kappa shape index (κ3) is 7.58. The van der Waals surface area contributed by atoms with Crippen LogP contribution in [0, 0.1) is 11.8 Å². The molecule has 0 radical (unpaired) electrons. The van der Waals surface area contributed by atoms with Gasteiger partial charge in [-0.1, -0.05) is 64.1 Å². The molecule has 10 nitrogen and oxygen atoms in total. The number of anilines is 2. The summed E-state index contributed by atoms with van der Waals surface area (Å²) < 4.78 is 16.3. The molecule has 13 heteroatoms. The molecule has 4 aromatic heterocycles. The number of halogens is 2. The summed E-state index contributed by atoms with van der Waals surface area (Å²) in [4.78, 5) is 18.3. The van der Waals surface area contributed by atoms with Crippen molar-refractivity contribution >= 4 is 86.7 Å². The van der Waals surface area contributed by atoms with E-state index in [1.165, 1.54) is 0 Å². The maximum Gasteiger partial charge on any atom is 0.152 e. The van der Waals surface area contributed by atoms with E-state index in [-0.39, 0.29) is 12.4 Å². The van der Waals surface area contributed by atoms with Crippen molar-refractivity contribution in [3.63, 3.8) is 0 Å². The van der Waals surface area contributed by atoms with Crippen LogP contribution in [0.5, 0.6) is 0 Å². The quantitative estimate of drug-likeness (QED) is 0.105. The molecule has 0 amide bonds. The van der Waals surface area contributed by atoms with Crippen LogP contribution in [0.1, 0.15) is 39.3 Å². The van der Waals surface area contributed by atoms with Gasteiger partial charge in [0.25, 0.3) is 0 Å². The Labute approximate surface area is 281 Å². The SMILES string of the molecule is CC(C)Cn1c(CCl)nc2c(N)nc3ccccc3c21.CC(C)Cn1c(CNCP(C)(C)=O)nc2c(N)nc3ccccc3c21.Cl. The fourth-order valence-corrected chi connectivity index (χ4v) is 6.46. The minimum absolute atomic E-state index is 0. The first-order chi connectivity index (χ1) is 21.4. The lowest BCUT2D eigenvalue weighted by Crippen LogP contribution is -2.19. The predicted molar refractivity (Wildman–Crippen MR) is 197 cm³/mol. The molecule has 0 aliphatic heterocycles. The largest absolute Gasteiger partial charge is 0.382 e. The van der Waals surface area contributed by atoms with Gasteiger partial charge in [-0.05, 0) is 37.3 Å². The lowest BCUT2D eigenvalue weighted by Gasteiger charge is -2.14. The van der Waals surface area contributed by atoms with Crippen molar-refractivity contribution in [3.05, 3.63) is 60.2 Å². The Bertz CT molecular complexity index is 2030. The zero-order valence-electron chi connectivity index (χ0n) is 27.3. The molecule has 246 valence electrons. The first-order valence-corrected chi connectivity index (χ1v) is 18.6. The van der Waals surface area contributed by atoms with Crippen molar-refractivity contribution in [3.8, 4) is 0 Å². The van der Waals surface area contributed by atoms with Crippen LogP contribution >= 0.6 is 31.1 Å². The van der Waals surface area contributed by atoms with Crippen molar-refractivity contribution in [2.45, 2.75) is 53.2 Å². The average Bonchev–Trinajstić information content (AvgIpc) is 3.52. The van der Waals surface area contributed by atoms with E-state index >= 15 is 0 Å². The number of nitrogens with zero attached hydrogens (tertiary/aromatic N) is 6. The number of para-hydroxylation sites is 2. The zero-order chi connectivity index (χ0) is 32.5. The molecule has 0 aliphatic rings. The van der Waals surface area contributed by atoms with E-state index in [0.29, 0.717) is 42.2 Å². The molecule has 0 aliphatic carbocycles. The minimum Gasteiger partial charge on any atom is -0.382 e. The summed E-state index contributed by atoms with van der Waals surface area (Å²) in [6.45, 7) is 14.6. The minimum atomic E-state index is -2.11. The second kappa shape index (κ2) is 14.6. The fourth-order valence-electron chi connectivity index (χ4n) is 5.61. The van der Waals surface area contributed by atoms with Crippen molar-refractivity contribution in [1.29, 1.82) is 0 Å². The van der Waals surface area contributed by atoms with Gasteiger partial charge in [0.15, 0.2) is 11.6 Å². The average molecular weight is 685 g/mol. The maximum atomic E-state index is 11.9. The highest BCUT2D eigenvalue weighted by Gasteiger charge is 2.19. The lowest BCUT2D eigenvalue weighted by atomic mass is 10.1. The van der Waals surface area contributed by atoms with Gasteiger partial charge >= 0.3 is 0 Å². The van der Waals surface area contributed by atoms with Gasteiger partial charge in [0.2, 0.25) is 0 Å². The molecule has 0 fully saturated rings. The van der Waals surface area contributed by atoms with E-state index in [9.17, 15) is 4.57 Å². The number of fused-ring (bicyclic) bond motifs is 6. The van der Waals surface area contributed by atoms with E-state index < -0.39 is 7.14 Å². The molecule has 4 heterocycles. The van der Waals surface area contributed by atoms with Crippen LogP contribution in [-0.2, 0) is 30.1 Å². The molecule has 46 heavy (non-hydrogen) atoms. The molecule has 6 rings (SSSR count). The Balaban J connectivity index is 0.000000209. The smallest absolute Gasteiger partial charge is 0.152 e. The van der Waals surface area contributed by atoms with Gasteiger partial charge in [0, 0.05) is 30.1 Å². The number of rotatable bonds is 9. The van der Waals surface area contributed by atoms with Crippen LogP contribution < -0.4 is 16.8 Å². The van der Waals surface area contributed by atoms with Crippen LogP contribution in [0.4, 0.5) is 11.6 Å². The number of nitrogens with one attached hydrogen (secondary N) is 1. The zero-order valence-corrected chi connectivity index (χ0v) is 29.8. The number of hydrogen-bond donors (Lipinski definition) is 3. The number of pyridine rings is 2. The molecule has 0 spiro atoms. The predicted octanol–water partition coefficient (Wildman–Crippen LogP) is 7.48. The van der Waals surface area contributed by atoms with E-state index in [2.05, 4.69) is 69.2 Å². The van der Waals surface area contributed by atoms with Gasteiger partial charge in [0.1, 0.15) is 22.7 Å². The van der Waals surface area contributed by atoms with Gasteiger partial charge in [-0.25, -0.2) is 19.9 Å². The van der Waals surface area contributed by atoms with Crippen LogP contribution in [0.2, 0.25) is 0 Å². The summed E-state index contributed by atoms with van der Waals surface area (Å²) >= 11 is 6.05. The molecular weight excluding hydrogens is 640 g/mol. The van der Waals surface area contributed by atoms with Crippen molar-refractivity contribution in [2.24, 2.45) is 11.8 Å². The molecule has 0 bridgehead atoms. The lowest BCUT2D eigenvalue weighted by molar-refractivity contribution is 0.509. The van der Waals surface area contributed by atoms with Gasteiger partial charge in [-0.3, -0.25) is 0 Å².